The maximum atomic E-state index is 12.6. The smallest absolute Gasteiger partial charge is 0.240 e. The second-order valence-corrected chi connectivity index (χ2v) is 7.89. The molecular weight excluding hydrogens is 314 g/mol. The Hall–Kier alpha value is -1.86. The maximum Gasteiger partial charge on any atom is 0.240 e. The first-order valence-electron chi connectivity index (χ1n) is 7.82. The molecule has 1 N–H and O–H groups in total. The number of hydrogen-bond acceptors (Lipinski definition) is 4. The van der Waals surface area contributed by atoms with Crippen LogP contribution in [-0.2, 0) is 29.4 Å². The first-order valence-corrected chi connectivity index (χ1v) is 9.30. The Kier molecular flexibility index (Phi) is 3.42. The normalized spacial score (nSPS) is 20.0. The van der Waals surface area contributed by atoms with Crippen molar-refractivity contribution in [1.82, 2.24) is 14.3 Å². The Morgan fingerprint density at radius 2 is 2.22 bits per heavy atom. The fraction of sp³-hybridized carbons (Fsp3) is 0.438. The van der Waals surface area contributed by atoms with Gasteiger partial charge in [0.2, 0.25) is 10.0 Å². The Morgan fingerprint density at radius 1 is 1.35 bits per heavy atom. The van der Waals surface area contributed by atoms with E-state index < -0.39 is 10.0 Å². The molecule has 1 aromatic heterocycles. The van der Waals surface area contributed by atoms with Crippen LogP contribution in [-0.4, -0.2) is 30.6 Å². The summed E-state index contributed by atoms with van der Waals surface area (Å²) in [5.41, 5.74) is 1.94. The third-order valence-corrected chi connectivity index (χ3v) is 5.92. The summed E-state index contributed by atoms with van der Waals surface area (Å²) in [7, 11) is -3.52. The maximum absolute atomic E-state index is 12.6. The van der Waals surface area contributed by atoms with E-state index >= 15 is 0 Å². The molecule has 0 radical (unpaired) electrons. The van der Waals surface area contributed by atoms with Gasteiger partial charge < -0.3 is 9.30 Å². The van der Waals surface area contributed by atoms with Crippen molar-refractivity contribution in [3.8, 4) is 5.75 Å². The SMILES string of the molecule is Cc1cn2c(n1)CCC(NS(=O)(=O)c1ccc3c(c1)CCO3)C2. The van der Waals surface area contributed by atoms with Gasteiger partial charge in [0.25, 0.3) is 0 Å². The van der Waals surface area contributed by atoms with Gasteiger partial charge in [-0.2, -0.15) is 0 Å². The molecule has 0 aliphatic carbocycles. The monoisotopic (exact) mass is 333 g/mol. The molecular formula is C16H19N3O3S. The molecule has 4 rings (SSSR count). The van der Waals surface area contributed by atoms with Gasteiger partial charge in [-0.25, -0.2) is 18.1 Å². The zero-order valence-electron chi connectivity index (χ0n) is 12.9. The molecule has 122 valence electrons. The van der Waals surface area contributed by atoms with Gasteiger partial charge in [0.05, 0.1) is 17.2 Å². The van der Waals surface area contributed by atoms with Crippen molar-refractivity contribution in [2.24, 2.45) is 0 Å². The molecule has 1 aromatic carbocycles. The summed E-state index contributed by atoms with van der Waals surface area (Å²) in [6, 6.07) is 4.97. The molecule has 7 heteroatoms. The summed E-state index contributed by atoms with van der Waals surface area (Å²) in [5, 5.41) is 0. The Bertz CT molecular complexity index is 857. The van der Waals surface area contributed by atoms with Gasteiger partial charge in [0, 0.05) is 31.6 Å². The van der Waals surface area contributed by atoms with Gasteiger partial charge in [-0.05, 0) is 37.1 Å². The Balaban J connectivity index is 1.54. The molecule has 0 spiro atoms. The lowest BCUT2D eigenvalue weighted by Gasteiger charge is -2.24. The number of aryl methyl sites for hydroxylation is 2. The molecule has 0 fully saturated rings. The van der Waals surface area contributed by atoms with Gasteiger partial charge >= 0.3 is 0 Å². The molecule has 6 nitrogen and oxygen atoms in total. The van der Waals surface area contributed by atoms with E-state index in [-0.39, 0.29) is 6.04 Å². The lowest BCUT2D eigenvalue weighted by molar-refractivity contribution is 0.356. The van der Waals surface area contributed by atoms with E-state index in [1.54, 1.807) is 18.2 Å². The predicted octanol–water partition coefficient (Wildman–Crippen LogP) is 1.42. The number of sulfonamides is 1. The minimum absolute atomic E-state index is 0.106. The standard InChI is InChI=1S/C16H19N3O3S/c1-11-9-19-10-13(2-5-16(19)17-11)18-23(20,21)14-3-4-15-12(8-14)6-7-22-15/h3-4,8-9,13,18H,2,5-7,10H2,1H3. The number of benzene rings is 1. The molecule has 2 aliphatic rings. The van der Waals surface area contributed by atoms with E-state index in [9.17, 15) is 8.42 Å². The highest BCUT2D eigenvalue weighted by Gasteiger charge is 2.26. The molecule has 2 aromatic rings. The van der Waals surface area contributed by atoms with Crippen molar-refractivity contribution in [1.29, 1.82) is 0 Å². The van der Waals surface area contributed by atoms with Crippen LogP contribution in [0.3, 0.4) is 0 Å². The van der Waals surface area contributed by atoms with E-state index in [1.807, 2.05) is 17.7 Å². The van der Waals surface area contributed by atoms with Crippen LogP contribution in [0.1, 0.15) is 23.5 Å². The topological polar surface area (TPSA) is 73.2 Å². The van der Waals surface area contributed by atoms with E-state index in [0.29, 0.717) is 18.0 Å². The Morgan fingerprint density at radius 3 is 3.09 bits per heavy atom. The van der Waals surface area contributed by atoms with E-state index in [0.717, 1.165) is 42.1 Å². The summed E-state index contributed by atoms with van der Waals surface area (Å²) in [4.78, 5) is 4.77. The van der Waals surface area contributed by atoms with Crippen molar-refractivity contribution in [2.75, 3.05) is 6.61 Å². The number of hydrogen-bond donors (Lipinski definition) is 1. The van der Waals surface area contributed by atoms with Crippen molar-refractivity contribution in [3.05, 3.63) is 41.5 Å². The number of aromatic nitrogens is 2. The summed E-state index contributed by atoms with van der Waals surface area (Å²) in [6.07, 6.45) is 4.30. The number of nitrogens with one attached hydrogen (secondary N) is 1. The molecule has 0 amide bonds. The summed E-state index contributed by atoms with van der Waals surface area (Å²) < 4.78 is 35.6. The van der Waals surface area contributed by atoms with Crippen LogP contribution < -0.4 is 9.46 Å². The quantitative estimate of drug-likeness (QED) is 0.922. The lowest BCUT2D eigenvalue weighted by Crippen LogP contribution is -2.40. The number of rotatable bonds is 3. The zero-order valence-corrected chi connectivity index (χ0v) is 13.8. The molecule has 0 bridgehead atoms. The largest absolute Gasteiger partial charge is 0.493 e. The van der Waals surface area contributed by atoms with Crippen LogP contribution in [0.5, 0.6) is 5.75 Å². The third kappa shape index (κ3) is 2.74. The van der Waals surface area contributed by atoms with Crippen LogP contribution in [0.25, 0.3) is 0 Å². The van der Waals surface area contributed by atoms with Crippen molar-refractivity contribution < 1.29 is 13.2 Å². The molecule has 2 aliphatic heterocycles. The van der Waals surface area contributed by atoms with Crippen molar-refractivity contribution in [2.45, 2.75) is 43.7 Å². The molecule has 23 heavy (non-hydrogen) atoms. The summed E-state index contributed by atoms with van der Waals surface area (Å²) in [6.45, 7) is 3.21. The van der Waals surface area contributed by atoms with Crippen LogP contribution in [0, 0.1) is 6.92 Å². The number of ether oxygens (including phenoxy) is 1. The first-order chi connectivity index (χ1) is 11.0. The second-order valence-electron chi connectivity index (χ2n) is 6.18. The van der Waals surface area contributed by atoms with Crippen LogP contribution in [0.2, 0.25) is 0 Å². The van der Waals surface area contributed by atoms with Crippen LogP contribution >= 0.6 is 0 Å². The highest BCUT2D eigenvalue weighted by Crippen LogP contribution is 2.28. The fourth-order valence-electron chi connectivity index (χ4n) is 3.30. The second kappa shape index (κ2) is 5.35. The average Bonchev–Trinajstić information content (AvgIpc) is 3.10. The predicted molar refractivity (Wildman–Crippen MR) is 85.0 cm³/mol. The van der Waals surface area contributed by atoms with E-state index in [1.165, 1.54) is 0 Å². The molecule has 1 atom stereocenters. The van der Waals surface area contributed by atoms with Gasteiger partial charge in [0.1, 0.15) is 11.6 Å². The average molecular weight is 333 g/mol. The number of nitrogens with zero attached hydrogens (tertiary/aromatic N) is 2. The minimum atomic E-state index is -3.52. The number of fused-ring (bicyclic) bond motifs is 2. The van der Waals surface area contributed by atoms with E-state index in [2.05, 4.69) is 9.71 Å². The summed E-state index contributed by atoms with van der Waals surface area (Å²) in [5.74, 6) is 1.83. The van der Waals surface area contributed by atoms with Crippen LogP contribution in [0.15, 0.2) is 29.3 Å². The van der Waals surface area contributed by atoms with E-state index in [4.69, 9.17) is 4.74 Å². The minimum Gasteiger partial charge on any atom is -0.493 e. The molecule has 0 saturated carbocycles. The van der Waals surface area contributed by atoms with Crippen molar-refractivity contribution in [3.63, 3.8) is 0 Å². The van der Waals surface area contributed by atoms with Crippen LogP contribution in [0.4, 0.5) is 0 Å². The molecule has 1 unspecified atom stereocenters. The summed E-state index contributed by atoms with van der Waals surface area (Å²) >= 11 is 0. The van der Waals surface area contributed by atoms with Gasteiger partial charge in [-0.1, -0.05) is 0 Å². The zero-order chi connectivity index (χ0) is 16.0. The lowest BCUT2D eigenvalue weighted by atomic mass is 10.1. The molecule has 0 saturated heterocycles. The van der Waals surface area contributed by atoms with Gasteiger partial charge in [0.15, 0.2) is 0 Å². The first kappa shape index (κ1) is 14.7. The van der Waals surface area contributed by atoms with Crippen molar-refractivity contribution >= 4 is 10.0 Å². The fourth-order valence-corrected chi connectivity index (χ4v) is 4.61. The third-order valence-electron chi connectivity index (χ3n) is 4.41. The molecule has 3 heterocycles. The highest BCUT2D eigenvalue weighted by molar-refractivity contribution is 7.89. The van der Waals surface area contributed by atoms with Gasteiger partial charge in [-0.3, -0.25) is 0 Å². The Labute approximate surface area is 135 Å². The number of imidazole rings is 1. The highest BCUT2D eigenvalue weighted by atomic mass is 32.2. The van der Waals surface area contributed by atoms with Gasteiger partial charge in [-0.15, -0.1) is 0 Å².